The van der Waals surface area contributed by atoms with Crippen LogP contribution in [-0.4, -0.2) is 34.2 Å². The first-order chi connectivity index (χ1) is 9.95. The summed E-state index contributed by atoms with van der Waals surface area (Å²) in [6.07, 6.45) is 3.58. The van der Waals surface area contributed by atoms with Crippen LogP contribution in [0.25, 0.3) is 0 Å². The molecule has 1 heterocycles. The van der Waals surface area contributed by atoms with Gasteiger partial charge in [0.2, 0.25) is 0 Å². The number of hydrogen-bond donors (Lipinski definition) is 3. The Morgan fingerprint density at radius 1 is 1.57 bits per heavy atom. The largest absolute Gasteiger partial charge is 0.462 e. The van der Waals surface area contributed by atoms with Crippen LogP contribution in [0.15, 0.2) is 0 Å². The molecule has 0 aromatic carbocycles. The number of hydrogen-bond acceptors (Lipinski definition) is 7. The smallest absolute Gasteiger partial charge is 0.344 e. The summed E-state index contributed by atoms with van der Waals surface area (Å²) in [4.78, 5) is 11.9. The van der Waals surface area contributed by atoms with Crippen LogP contribution in [0, 0.1) is 5.92 Å². The van der Waals surface area contributed by atoms with Crippen molar-refractivity contribution in [1.82, 2.24) is 4.37 Å². The normalized spacial score (nSPS) is 25.6. The van der Waals surface area contributed by atoms with Crippen molar-refractivity contribution >= 4 is 28.3 Å². The molecule has 0 amide bonds. The molecule has 2 rings (SSSR count). The number of carbonyl (C=O) groups excluding carboxylic acids is 1. The van der Waals surface area contributed by atoms with Gasteiger partial charge in [-0.3, -0.25) is 0 Å². The minimum atomic E-state index is -0.725. The predicted octanol–water partition coefficient (Wildman–Crippen LogP) is 2.26. The maximum Gasteiger partial charge on any atom is 0.344 e. The van der Waals surface area contributed by atoms with Crippen molar-refractivity contribution in [1.29, 1.82) is 0 Å². The van der Waals surface area contributed by atoms with Crippen LogP contribution >= 0.6 is 11.5 Å². The first-order valence-corrected chi connectivity index (χ1v) is 8.11. The lowest BCUT2D eigenvalue weighted by Gasteiger charge is -2.35. The molecular formula is C14H23N3O3S. The summed E-state index contributed by atoms with van der Waals surface area (Å²) >= 11 is 1.12. The number of aliphatic hydroxyl groups is 1. The summed E-state index contributed by atoms with van der Waals surface area (Å²) in [5, 5.41) is 14.3. The van der Waals surface area contributed by atoms with E-state index in [9.17, 15) is 9.90 Å². The minimum Gasteiger partial charge on any atom is -0.462 e. The molecule has 0 unspecified atom stereocenters. The number of nitrogen functional groups attached to an aromatic ring is 1. The van der Waals surface area contributed by atoms with Crippen LogP contribution in [0.1, 0.15) is 49.9 Å². The lowest BCUT2D eigenvalue weighted by Crippen LogP contribution is -2.40. The highest BCUT2D eigenvalue weighted by atomic mass is 32.1. The Hall–Kier alpha value is -1.34. The van der Waals surface area contributed by atoms with Gasteiger partial charge in [0.1, 0.15) is 10.6 Å². The van der Waals surface area contributed by atoms with Gasteiger partial charge >= 0.3 is 5.97 Å². The number of nitrogens with zero attached hydrogens (tertiary/aromatic N) is 1. The zero-order valence-electron chi connectivity index (χ0n) is 12.5. The van der Waals surface area contributed by atoms with Gasteiger partial charge in [0, 0.05) is 6.54 Å². The van der Waals surface area contributed by atoms with Gasteiger partial charge in [-0.1, -0.05) is 6.92 Å². The fourth-order valence-corrected chi connectivity index (χ4v) is 3.24. The van der Waals surface area contributed by atoms with Gasteiger partial charge < -0.3 is 20.9 Å². The maximum atomic E-state index is 11.9. The Bertz CT molecular complexity index is 496. The molecule has 0 saturated heterocycles. The van der Waals surface area contributed by atoms with E-state index >= 15 is 0 Å². The SMILES string of the molecule is CCOC(=O)c1c(N)nsc1NCC1(O)CCC(C)CC1. The van der Waals surface area contributed by atoms with Crippen molar-refractivity contribution in [2.24, 2.45) is 5.92 Å². The zero-order chi connectivity index (χ0) is 15.5. The summed E-state index contributed by atoms with van der Waals surface area (Å²) in [7, 11) is 0. The molecular weight excluding hydrogens is 290 g/mol. The molecule has 21 heavy (non-hydrogen) atoms. The van der Waals surface area contributed by atoms with E-state index in [2.05, 4.69) is 16.6 Å². The molecule has 0 radical (unpaired) electrons. The van der Waals surface area contributed by atoms with Gasteiger partial charge in [0.25, 0.3) is 0 Å². The molecule has 1 aliphatic carbocycles. The van der Waals surface area contributed by atoms with Crippen molar-refractivity contribution in [2.75, 3.05) is 24.2 Å². The Balaban J connectivity index is 2.02. The fourth-order valence-electron chi connectivity index (χ4n) is 2.54. The van der Waals surface area contributed by atoms with Crippen molar-refractivity contribution in [3.05, 3.63) is 5.56 Å². The van der Waals surface area contributed by atoms with E-state index in [1.165, 1.54) is 0 Å². The molecule has 0 aliphatic heterocycles. The number of carbonyl (C=O) groups is 1. The van der Waals surface area contributed by atoms with Crippen LogP contribution in [0.3, 0.4) is 0 Å². The average molecular weight is 313 g/mol. The van der Waals surface area contributed by atoms with Gasteiger partial charge in [-0.05, 0) is 50.1 Å². The van der Waals surface area contributed by atoms with Gasteiger partial charge in [-0.25, -0.2) is 4.79 Å². The van der Waals surface area contributed by atoms with Crippen molar-refractivity contribution < 1.29 is 14.6 Å². The zero-order valence-corrected chi connectivity index (χ0v) is 13.3. The highest BCUT2D eigenvalue weighted by Crippen LogP contribution is 2.33. The number of anilines is 2. The second kappa shape index (κ2) is 6.62. The molecule has 1 aliphatic rings. The Morgan fingerprint density at radius 3 is 2.86 bits per heavy atom. The highest BCUT2D eigenvalue weighted by molar-refractivity contribution is 7.11. The molecule has 4 N–H and O–H groups in total. The molecule has 1 aromatic rings. The molecule has 1 saturated carbocycles. The standard InChI is InChI=1S/C14H23N3O3S/c1-3-20-13(18)10-11(15)17-21-12(10)16-8-14(19)6-4-9(2)5-7-14/h9,16,19H,3-8H2,1-2H3,(H2,15,17). The average Bonchev–Trinajstić information content (AvgIpc) is 2.82. The highest BCUT2D eigenvalue weighted by Gasteiger charge is 2.32. The third-order valence-electron chi connectivity index (χ3n) is 3.98. The number of nitrogens with one attached hydrogen (secondary N) is 1. The van der Waals surface area contributed by atoms with Gasteiger partial charge in [0.15, 0.2) is 5.82 Å². The van der Waals surface area contributed by atoms with Crippen LogP contribution < -0.4 is 11.1 Å². The first-order valence-electron chi connectivity index (χ1n) is 7.33. The van der Waals surface area contributed by atoms with Crippen LogP contribution in [0.5, 0.6) is 0 Å². The summed E-state index contributed by atoms with van der Waals surface area (Å²) in [5.41, 5.74) is 5.28. The van der Waals surface area contributed by atoms with E-state index in [0.717, 1.165) is 37.2 Å². The fraction of sp³-hybridized carbons (Fsp3) is 0.714. The third kappa shape index (κ3) is 3.85. The van der Waals surface area contributed by atoms with Gasteiger partial charge in [-0.2, -0.15) is 4.37 Å². The minimum absolute atomic E-state index is 0.171. The number of esters is 1. The van der Waals surface area contributed by atoms with E-state index in [1.807, 2.05) is 0 Å². The summed E-state index contributed by atoms with van der Waals surface area (Å²) in [6.45, 7) is 4.63. The topological polar surface area (TPSA) is 97.5 Å². The monoisotopic (exact) mass is 313 g/mol. The second-order valence-corrected chi connectivity index (χ2v) is 6.53. The van der Waals surface area contributed by atoms with Crippen LogP contribution in [0.2, 0.25) is 0 Å². The van der Waals surface area contributed by atoms with E-state index in [1.54, 1.807) is 6.92 Å². The Labute approximate surface area is 128 Å². The second-order valence-electron chi connectivity index (χ2n) is 5.75. The first kappa shape index (κ1) is 16.0. The number of ether oxygens (including phenoxy) is 1. The van der Waals surface area contributed by atoms with E-state index in [0.29, 0.717) is 17.5 Å². The molecule has 118 valence electrons. The lowest BCUT2D eigenvalue weighted by atomic mass is 9.79. The van der Waals surface area contributed by atoms with Crippen molar-refractivity contribution in [3.8, 4) is 0 Å². The Kier molecular flexibility index (Phi) is 5.05. The lowest BCUT2D eigenvalue weighted by molar-refractivity contribution is 0.00501. The number of rotatable bonds is 5. The molecule has 1 aromatic heterocycles. The summed E-state index contributed by atoms with van der Waals surface area (Å²) in [5.74, 6) is 0.361. The van der Waals surface area contributed by atoms with Crippen LogP contribution in [-0.2, 0) is 4.74 Å². The van der Waals surface area contributed by atoms with E-state index in [4.69, 9.17) is 10.5 Å². The van der Waals surface area contributed by atoms with E-state index < -0.39 is 11.6 Å². The van der Waals surface area contributed by atoms with Crippen LogP contribution in [0.4, 0.5) is 10.8 Å². The maximum absolute atomic E-state index is 11.9. The molecule has 0 atom stereocenters. The molecule has 7 heteroatoms. The molecule has 1 fully saturated rings. The third-order valence-corrected chi connectivity index (χ3v) is 4.80. The molecule has 0 bridgehead atoms. The van der Waals surface area contributed by atoms with Crippen molar-refractivity contribution in [3.63, 3.8) is 0 Å². The predicted molar refractivity (Wildman–Crippen MR) is 83.6 cm³/mol. The number of aromatic nitrogens is 1. The quantitative estimate of drug-likeness (QED) is 0.721. The molecule has 0 spiro atoms. The van der Waals surface area contributed by atoms with Crippen molar-refractivity contribution in [2.45, 2.75) is 45.1 Å². The van der Waals surface area contributed by atoms with Gasteiger partial charge in [0.05, 0.1) is 12.2 Å². The summed E-state index contributed by atoms with van der Waals surface area (Å²) < 4.78 is 8.98. The number of nitrogens with two attached hydrogens (primary N) is 1. The Morgan fingerprint density at radius 2 is 2.24 bits per heavy atom. The summed E-state index contributed by atoms with van der Waals surface area (Å²) in [6, 6.07) is 0. The van der Waals surface area contributed by atoms with E-state index in [-0.39, 0.29) is 18.0 Å². The molecule has 6 nitrogen and oxygen atoms in total. The van der Waals surface area contributed by atoms with Gasteiger partial charge in [-0.15, -0.1) is 0 Å².